The van der Waals surface area contributed by atoms with Crippen LogP contribution in [0.25, 0.3) is 16.0 Å². The number of amides is 1. The summed E-state index contributed by atoms with van der Waals surface area (Å²) in [6.45, 7) is 2.39. The molecule has 1 saturated heterocycles. The van der Waals surface area contributed by atoms with Crippen molar-refractivity contribution in [2.45, 2.75) is 13.0 Å². The Kier molecular flexibility index (Phi) is 6.54. The summed E-state index contributed by atoms with van der Waals surface area (Å²) in [5, 5.41) is 11.6. The average molecular weight is 517 g/mol. The van der Waals surface area contributed by atoms with Gasteiger partial charge in [-0.1, -0.05) is 23.5 Å². The zero-order valence-corrected chi connectivity index (χ0v) is 21.2. The summed E-state index contributed by atoms with van der Waals surface area (Å²) in [7, 11) is 3.12. The lowest BCUT2D eigenvalue weighted by Gasteiger charge is -2.23. The van der Waals surface area contributed by atoms with E-state index < -0.39 is 17.7 Å². The van der Waals surface area contributed by atoms with E-state index in [-0.39, 0.29) is 11.3 Å². The van der Waals surface area contributed by atoms with E-state index in [9.17, 15) is 14.7 Å². The van der Waals surface area contributed by atoms with Gasteiger partial charge in [-0.25, -0.2) is 4.98 Å². The number of carbonyl (C=O) groups is 2. The zero-order valence-electron chi connectivity index (χ0n) is 20.4. The van der Waals surface area contributed by atoms with Crippen molar-refractivity contribution in [3.05, 3.63) is 83.4 Å². The van der Waals surface area contributed by atoms with Gasteiger partial charge >= 0.3 is 5.91 Å². The van der Waals surface area contributed by atoms with Gasteiger partial charge in [-0.3, -0.25) is 14.5 Å². The molecule has 37 heavy (non-hydrogen) atoms. The smallest absolute Gasteiger partial charge is 0.301 e. The van der Waals surface area contributed by atoms with Crippen LogP contribution in [0.1, 0.15) is 24.1 Å². The number of benzene rings is 3. The molecule has 0 saturated carbocycles. The maximum Gasteiger partial charge on any atom is 0.301 e. The summed E-state index contributed by atoms with van der Waals surface area (Å²) < 4.78 is 16.9. The van der Waals surface area contributed by atoms with Gasteiger partial charge in [-0.2, -0.15) is 0 Å². The molecule has 1 amide bonds. The SMILES string of the molecule is CCOc1ccc(C2/C(=C(\O)c3ccc(OC)cc3)C(=O)C(=O)N2c2nc3ccc(OC)cc3s2)cc1. The second-order valence-electron chi connectivity index (χ2n) is 8.23. The Morgan fingerprint density at radius 1 is 0.946 bits per heavy atom. The van der Waals surface area contributed by atoms with Gasteiger partial charge in [0, 0.05) is 5.56 Å². The van der Waals surface area contributed by atoms with Crippen molar-refractivity contribution in [3.8, 4) is 17.2 Å². The molecular weight excluding hydrogens is 492 g/mol. The van der Waals surface area contributed by atoms with Crippen molar-refractivity contribution in [1.82, 2.24) is 4.98 Å². The van der Waals surface area contributed by atoms with Crippen molar-refractivity contribution >= 4 is 44.1 Å². The number of carbonyl (C=O) groups excluding carboxylic acids is 2. The summed E-state index contributed by atoms with van der Waals surface area (Å²) in [5.41, 5.74) is 1.68. The van der Waals surface area contributed by atoms with Crippen LogP contribution in [0.15, 0.2) is 72.3 Å². The van der Waals surface area contributed by atoms with Crippen LogP contribution in [0.4, 0.5) is 5.13 Å². The maximum atomic E-state index is 13.4. The van der Waals surface area contributed by atoms with Gasteiger partial charge in [-0.05, 0) is 67.1 Å². The van der Waals surface area contributed by atoms with Gasteiger partial charge in [0.05, 0.1) is 42.7 Å². The van der Waals surface area contributed by atoms with Gasteiger partial charge in [0.25, 0.3) is 5.78 Å². The number of nitrogens with zero attached hydrogens (tertiary/aromatic N) is 2. The number of hydrogen-bond acceptors (Lipinski definition) is 8. The summed E-state index contributed by atoms with van der Waals surface area (Å²) in [5.74, 6) is 0.0944. The molecule has 0 aliphatic carbocycles. The fourth-order valence-electron chi connectivity index (χ4n) is 4.29. The minimum atomic E-state index is -0.889. The molecule has 1 unspecified atom stereocenters. The average Bonchev–Trinajstić information content (AvgIpc) is 3.46. The van der Waals surface area contributed by atoms with E-state index in [0.29, 0.717) is 45.6 Å². The Bertz CT molecular complexity index is 1510. The van der Waals surface area contributed by atoms with Gasteiger partial charge in [-0.15, -0.1) is 0 Å². The van der Waals surface area contributed by atoms with Crippen LogP contribution >= 0.6 is 11.3 Å². The Morgan fingerprint density at radius 2 is 1.59 bits per heavy atom. The first-order valence-electron chi connectivity index (χ1n) is 11.6. The Hall–Kier alpha value is -4.37. The largest absolute Gasteiger partial charge is 0.507 e. The first-order chi connectivity index (χ1) is 17.9. The highest BCUT2D eigenvalue weighted by atomic mass is 32.1. The number of ether oxygens (including phenoxy) is 3. The molecule has 5 rings (SSSR count). The number of methoxy groups -OCH3 is 2. The number of rotatable bonds is 7. The number of hydrogen-bond donors (Lipinski definition) is 1. The molecule has 1 aliphatic rings. The molecule has 1 fully saturated rings. The molecule has 8 nitrogen and oxygen atoms in total. The normalized spacial score (nSPS) is 16.8. The van der Waals surface area contributed by atoms with Gasteiger partial charge in [0.2, 0.25) is 0 Å². The Balaban J connectivity index is 1.67. The molecular formula is C28H24N2O6S. The van der Waals surface area contributed by atoms with E-state index in [4.69, 9.17) is 14.2 Å². The van der Waals surface area contributed by atoms with Crippen molar-refractivity contribution in [2.75, 3.05) is 25.7 Å². The van der Waals surface area contributed by atoms with Crippen LogP contribution in [0.2, 0.25) is 0 Å². The molecule has 0 bridgehead atoms. The molecule has 3 aromatic carbocycles. The molecule has 0 radical (unpaired) electrons. The minimum absolute atomic E-state index is 0.0174. The molecule has 1 atom stereocenters. The van der Waals surface area contributed by atoms with Gasteiger partial charge in [0.1, 0.15) is 23.0 Å². The third-order valence-corrected chi connectivity index (χ3v) is 7.12. The summed E-state index contributed by atoms with van der Waals surface area (Å²) >= 11 is 1.27. The first-order valence-corrected chi connectivity index (χ1v) is 12.4. The van der Waals surface area contributed by atoms with Crippen molar-refractivity contribution in [3.63, 3.8) is 0 Å². The summed E-state index contributed by atoms with van der Waals surface area (Å²) in [4.78, 5) is 32.8. The lowest BCUT2D eigenvalue weighted by atomic mass is 9.95. The number of aliphatic hydroxyl groups is 1. The van der Waals surface area contributed by atoms with Crippen LogP contribution in [0.3, 0.4) is 0 Å². The van der Waals surface area contributed by atoms with E-state index >= 15 is 0 Å². The van der Waals surface area contributed by atoms with E-state index in [1.54, 1.807) is 74.9 Å². The van der Waals surface area contributed by atoms with Crippen LogP contribution in [-0.4, -0.2) is 42.6 Å². The van der Waals surface area contributed by atoms with E-state index in [2.05, 4.69) is 4.98 Å². The van der Waals surface area contributed by atoms with Gasteiger partial charge in [0.15, 0.2) is 5.13 Å². The van der Waals surface area contributed by atoms with Crippen LogP contribution in [-0.2, 0) is 9.59 Å². The quantitative estimate of drug-likeness (QED) is 0.201. The highest BCUT2D eigenvalue weighted by molar-refractivity contribution is 7.22. The van der Waals surface area contributed by atoms with Crippen LogP contribution in [0.5, 0.6) is 17.2 Å². The Morgan fingerprint density at radius 3 is 2.24 bits per heavy atom. The molecule has 4 aromatic rings. The Labute approximate surface area is 217 Å². The van der Waals surface area contributed by atoms with E-state index in [1.165, 1.54) is 16.2 Å². The zero-order chi connectivity index (χ0) is 26.1. The van der Waals surface area contributed by atoms with Crippen molar-refractivity contribution in [1.29, 1.82) is 0 Å². The number of ketones is 1. The molecule has 1 aromatic heterocycles. The standard InChI is InChI=1S/C28H24N2O6S/c1-4-36-19-11-5-16(6-12-19)24-23(25(31)17-7-9-18(34-2)10-8-17)26(32)27(33)30(24)28-29-21-14-13-20(35-3)15-22(21)37-28/h5-15,24,31H,4H2,1-3H3/b25-23+. The van der Waals surface area contributed by atoms with Crippen LogP contribution < -0.4 is 19.1 Å². The number of Topliss-reactive ketones (excluding diaryl/α,β-unsaturated/α-hetero) is 1. The number of aromatic nitrogens is 1. The highest BCUT2D eigenvalue weighted by Gasteiger charge is 2.48. The number of fused-ring (bicyclic) bond motifs is 1. The van der Waals surface area contributed by atoms with Crippen molar-refractivity contribution < 1.29 is 28.9 Å². The van der Waals surface area contributed by atoms with Crippen LogP contribution in [0, 0.1) is 0 Å². The number of thiazole rings is 1. The highest BCUT2D eigenvalue weighted by Crippen LogP contribution is 2.45. The van der Waals surface area contributed by atoms with E-state index in [0.717, 1.165) is 4.70 Å². The molecule has 0 spiro atoms. The number of aliphatic hydroxyl groups excluding tert-OH is 1. The maximum absolute atomic E-state index is 13.4. The molecule has 188 valence electrons. The van der Waals surface area contributed by atoms with Crippen molar-refractivity contribution in [2.24, 2.45) is 0 Å². The minimum Gasteiger partial charge on any atom is -0.507 e. The molecule has 1 aliphatic heterocycles. The third kappa shape index (κ3) is 4.38. The van der Waals surface area contributed by atoms with E-state index in [1.807, 2.05) is 13.0 Å². The fourth-order valence-corrected chi connectivity index (χ4v) is 5.31. The van der Waals surface area contributed by atoms with Gasteiger partial charge < -0.3 is 19.3 Å². The fraction of sp³-hybridized carbons (Fsp3) is 0.179. The molecule has 1 N–H and O–H groups in total. The predicted molar refractivity (Wildman–Crippen MR) is 142 cm³/mol. The first kappa shape index (κ1) is 24.3. The second-order valence-corrected chi connectivity index (χ2v) is 9.24. The third-order valence-electron chi connectivity index (χ3n) is 6.11. The number of anilines is 1. The summed E-state index contributed by atoms with van der Waals surface area (Å²) in [6.07, 6.45) is 0. The summed E-state index contributed by atoms with van der Waals surface area (Å²) in [6, 6.07) is 18.3. The molecule has 9 heteroatoms. The topological polar surface area (TPSA) is 98.2 Å². The monoisotopic (exact) mass is 516 g/mol. The molecule has 2 heterocycles. The second kappa shape index (κ2) is 9.94. The lowest BCUT2D eigenvalue weighted by Crippen LogP contribution is -2.29. The lowest BCUT2D eigenvalue weighted by molar-refractivity contribution is -0.132. The predicted octanol–water partition coefficient (Wildman–Crippen LogP) is 5.34.